The van der Waals surface area contributed by atoms with Crippen molar-refractivity contribution in [3.8, 4) is 11.1 Å². The molecule has 0 radical (unpaired) electrons. The zero-order valence-corrected chi connectivity index (χ0v) is 16.1. The van der Waals surface area contributed by atoms with E-state index in [9.17, 15) is 9.90 Å². The van der Waals surface area contributed by atoms with Crippen LogP contribution in [-0.2, 0) is 0 Å². The first-order valence-electron chi connectivity index (χ1n) is 9.82. The molecule has 8 heteroatoms. The van der Waals surface area contributed by atoms with Crippen molar-refractivity contribution in [1.29, 1.82) is 0 Å². The van der Waals surface area contributed by atoms with Crippen LogP contribution in [0.3, 0.4) is 0 Å². The van der Waals surface area contributed by atoms with Crippen LogP contribution in [0.15, 0.2) is 35.4 Å². The predicted octanol–water partition coefficient (Wildman–Crippen LogP) is 2.70. The van der Waals surface area contributed by atoms with Gasteiger partial charge in [0, 0.05) is 40.3 Å². The summed E-state index contributed by atoms with van der Waals surface area (Å²) < 4.78 is 1.75. The van der Waals surface area contributed by atoms with Gasteiger partial charge in [-0.3, -0.25) is 9.36 Å². The fourth-order valence-electron chi connectivity index (χ4n) is 4.32. The second-order valence-electron chi connectivity index (χ2n) is 7.74. The van der Waals surface area contributed by atoms with Gasteiger partial charge in [0.2, 0.25) is 5.95 Å². The number of aromatic amines is 1. The molecule has 0 unspecified atom stereocenters. The molecule has 1 aliphatic carbocycles. The summed E-state index contributed by atoms with van der Waals surface area (Å²) in [5.41, 5.74) is 9.17. The van der Waals surface area contributed by atoms with Crippen molar-refractivity contribution in [1.82, 2.24) is 24.5 Å². The number of anilines is 1. The Morgan fingerprint density at radius 2 is 2.00 bits per heavy atom. The van der Waals surface area contributed by atoms with Gasteiger partial charge < -0.3 is 15.8 Å². The summed E-state index contributed by atoms with van der Waals surface area (Å²) in [6.07, 6.45) is 6.00. The van der Waals surface area contributed by atoms with Crippen molar-refractivity contribution >= 4 is 28.0 Å². The average molecular weight is 390 g/mol. The van der Waals surface area contributed by atoms with Crippen LogP contribution in [0.1, 0.15) is 37.4 Å². The fourth-order valence-corrected chi connectivity index (χ4v) is 4.32. The maximum Gasteiger partial charge on any atom is 0.260 e. The average Bonchev–Trinajstić information content (AvgIpc) is 3.16. The number of hydrogen-bond acceptors (Lipinski definition) is 6. The molecule has 5 rings (SSSR count). The standard InChI is InChI=1S/C21H22N6O2/c1-11-16-9-17(13-8-12-6-7-23-18(12)24-10-13)20(29)27(19(16)26-21(22)25-11)14-2-4-15(28)5-3-14/h6-10,14-15,28H,2-5H2,1H3,(H,23,24)(H2,22,25,26)/t14-,15-. The van der Waals surface area contributed by atoms with Gasteiger partial charge in [-0.15, -0.1) is 0 Å². The molecule has 0 spiro atoms. The molecule has 4 aromatic heterocycles. The van der Waals surface area contributed by atoms with Gasteiger partial charge in [0.25, 0.3) is 5.56 Å². The molecule has 1 fully saturated rings. The minimum atomic E-state index is -0.307. The lowest BCUT2D eigenvalue weighted by atomic mass is 9.92. The van der Waals surface area contributed by atoms with Crippen LogP contribution in [0.4, 0.5) is 5.95 Å². The van der Waals surface area contributed by atoms with E-state index in [-0.39, 0.29) is 23.7 Å². The number of nitrogens with two attached hydrogens (primary N) is 1. The number of nitrogens with zero attached hydrogens (tertiary/aromatic N) is 4. The van der Waals surface area contributed by atoms with Crippen molar-refractivity contribution in [2.24, 2.45) is 0 Å². The van der Waals surface area contributed by atoms with Gasteiger partial charge in [-0.2, -0.15) is 4.98 Å². The number of fused-ring (bicyclic) bond motifs is 2. The minimum absolute atomic E-state index is 0.0361. The van der Waals surface area contributed by atoms with Gasteiger partial charge >= 0.3 is 0 Å². The van der Waals surface area contributed by atoms with Gasteiger partial charge in [0.15, 0.2) is 0 Å². The minimum Gasteiger partial charge on any atom is -0.393 e. The van der Waals surface area contributed by atoms with Crippen LogP contribution >= 0.6 is 0 Å². The van der Waals surface area contributed by atoms with E-state index in [4.69, 9.17) is 5.73 Å². The van der Waals surface area contributed by atoms with E-state index < -0.39 is 0 Å². The summed E-state index contributed by atoms with van der Waals surface area (Å²) in [6.45, 7) is 1.87. The molecule has 0 aromatic carbocycles. The lowest BCUT2D eigenvalue weighted by Crippen LogP contribution is -2.31. The summed E-state index contributed by atoms with van der Waals surface area (Å²) in [6, 6.07) is 5.70. The molecule has 0 aliphatic heterocycles. The Hall–Kier alpha value is -3.26. The summed E-state index contributed by atoms with van der Waals surface area (Å²) in [5, 5.41) is 11.7. The molecule has 0 saturated heterocycles. The van der Waals surface area contributed by atoms with Gasteiger partial charge in [-0.25, -0.2) is 9.97 Å². The van der Waals surface area contributed by atoms with Crippen LogP contribution in [0.25, 0.3) is 33.2 Å². The first-order chi connectivity index (χ1) is 14.0. The topological polar surface area (TPSA) is 123 Å². The number of nitrogen functional groups attached to an aromatic ring is 1. The number of H-pyrrole nitrogens is 1. The summed E-state index contributed by atoms with van der Waals surface area (Å²) in [7, 11) is 0. The Bertz CT molecular complexity index is 1280. The number of nitrogens with one attached hydrogen (secondary N) is 1. The predicted molar refractivity (Wildman–Crippen MR) is 112 cm³/mol. The van der Waals surface area contributed by atoms with Gasteiger partial charge in [0.05, 0.1) is 11.8 Å². The molecule has 1 saturated carbocycles. The van der Waals surface area contributed by atoms with E-state index in [1.165, 1.54) is 0 Å². The molecule has 0 atom stereocenters. The highest BCUT2D eigenvalue weighted by molar-refractivity contribution is 5.86. The molecule has 4 N–H and O–H groups in total. The zero-order chi connectivity index (χ0) is 20.1. The highest BCUT2D eigenvalue weighted by Crippen LogP contribution is 2.32. The maximum absolute atomic E-state index is 13.6. The number of aryl methyl sites for hydroxylation is 1. The Labute approximate surface area is 166 Å². The summed E-state index contributed by atoms with van der Waals surface area (Å²) >= 11 is 0. The molecule has 29 heavy (non-hydrogen) atoms. The van der Waals surface area contributed by atoms with E-state index in [1.807, 2.05) is 31.3 Å². The second kappa shape index (κ2) is 6.66. The van der Waals surface area contributed by atoms with Gasteiger partial charge in [-0.1, -0.05) is 0 Å². The van der Waals surface area contributed by atoms with E-state index in [2.05, 4.69) is 19.9 Å². The molecule has 8 nitrogen and oxygen atoms in total. The monoisotopic (exact) mass is 390 g/mol. The van der Waals surface area contributed by atoms with Crippen molar-refractivity contribution < 1.29 is 5.11 Å². The molecule has 0 bridgehead atoms. The lowest BCUT2D eigenvalue weighted by molar-refractivity contribution is 0.111. The van der Waals surface area contributed by atoms with Crippen molar-refractivity contribution in [3.63, 3.8) is 0 Å². The largest absolute Gasteiger partial charge is 0.393 e. The zero-order valence-electron chi connectivity index (χ0n) is 16.1. The van der Waals surface area contributed by atoms with Crippen LogP contribution in [-0.4, -0.2) is 35.7 Å². The SMILES string of the molecule is Cc1nc(N)nc2c1cc(-c1cnc3[nH]ccc3c1)c(=O)n2[C@H]1CC[C@H](O)CC1. The molecule has 148 valence electrons. The number of aliphatic hydroxyl groups is 1. The summed E-state index contributed by atoms with van der Waals surface area (Å²) in [5.74, 6) is 0.155. The number of aliphatic hydroxyl groups excluding tert-OH is 1. The van der Waals surface area contributed by atoms with Crippen molar-refractivity contribution in [2.45, 2.75) is 44.8 Å². The maximum atomic E-state index is 13.6. The van der Waals surface area contributed by atoms with E-state index in [1.54, 1.807) is 10.8 Å². The molecule has 4 heterocycles. The van der Waals surface area contributed by atoms with Crippen molar-refractivity contribution in [3.05, 3.63) is 46.6 Å². The Balaban J connectivity index is 1.78. The van der Waals surface area contributed by atoms with Crippen LogP contribution in [0, 0.1) is 6.92 Å². The molecular formula is C21H22N6O2. The lowest BCUT2D eigenvalue weighted by Gasteiger charge is -2.28. The Morgan fingerprint density at radius 1 is 1.21 bits per heavy atom. The smallest absolute Gasteiger partial charge is 0.260 e. The first kappa shape index (κ1) is 17.8. The van der Waals surface area contributed by atoms with Crippen LogP contribution in [0.2, 0.25) is 0 Å². The van der Waals surface area contributed by atoms with Crippen LogP contribution in [0.5, 0.6) is 0 Å². The van der Waals surface area contributed by atoms with Gasteiger partial charge in [-0.05, 0) is 50.8 Å². The molecule has 1 aliphatic rings. The first-order valence-corrected chi connectivity index (χ1v) is 9.82. The third kappa shape index (κ3) is 2.96. The fraction of sp³-hybridized carbons (Fsp3) is 0.333. The van der Waals surface area contributed by atoms with Crippen LogP contribution < -0.4 is 11.3 Å². The quantitative estimate of drug-likeness (QED) is 0.484. The normalized spacial score (nSPS) is 19.8. The Morgan fingerprint density at radius 3 is 2.79 bits per heavy atom. The van der Waals surface area contributed by atoms with Gasteiger partial charge in [0.1, 0.15) is 11.3 Å². The van der Waals surface area contributed by atoms with E-state index >= 15 is 0 Å². The third-order valence-electron chi connectivity index (χ3n) is 5.84. The third-order valence-corrected chi connectivity index (χ3v) is 5.84. The number of hydrogen-bond donors (Lipinski definition) is 3. The van der Waals surface area contributed by atoms with Crippen molar-refractivity contribution in [2.75, 3.05) is 5.73 Å². The second-order valence-corrected chi connectivity index (χ2v) is 7.74. The number of aromatic nitrogens is 5. The molecule has 0 amide bonds. The molecule has 4 aromatic rings. The number of rotatable bonds is 2. The summed E-state index contributed by atoms with van der Waals surface area (Å²) in [4.78, 5) is 29.8. The molecular weight excluding hydrogens is 368 g/mol. The van der Waals surface area contributed by atoms with E-state index in [0.717, 1.165) is 40.5 Å². The highest BCUT2D eigenvalue weighted by atomic mass is 16.3. The highest BCUT2D eigenvalue weighted by Gasteiger charge is 2.25. The van der Waals surface area contributed by atoms with E-state index in [0.29, 0.717) is 24.1 Å². The number of pyridine rings is 2. The Kier molecular flexibility index (Phi) is 4.09.